The van der Waals surface area contributed by atoms with E-state index in [9.17, 15) is 43.2 Å². The van der Waals surface area contributed by atoms with Crippen molar-refractivity contribution in [1.29, 1.82) is 0 Å². The van der Waals surface area contributed by atoms with Crippen LogP contribution in [0.15, 0.2) is 0 Å². The van der Waals surface area contributed by atoms with E-state index in [4.69, 9.17) is 37.0 Å². The molecule has 3 unspecified atom stereocenters. The van der Waals surface area contributed by atoms with Crippen LogP contribution in [0.1, 0.15) is 298 Å². The fourth-order valence-electron chi connectivity index (χ4n) is 8.97. The summed E-state index contributed by atoms with van der Waals surface area (Å²) in [4.78, 5) is 71.9. The number of aliphatic hydroxyl groups excluding tert-OH is 1. The second kappa shape index (κ2) is 53.8. The van der Waals surface area contributed by atoms with Crippen molar-refractivity contribution in [1.82, 2.24) is 0 Å². The molecule has 0 aromatic carbocycles. The summed E-state index contributed by atoms with van der Waals surface area (Å²) in [5.41, 5.74) is 0. The minimum absolute atomic E-state index is 0.101. The number of carbonyl (C=O) groups excluding carboxylic acids is 4. The van der Waals surface area contributed by atoms with Gasteiger partial charge < -0.3 is 33.8 Å². The fourth-order valence-corrected chi connectivity index (χ4v) is 10.5. The zero-order valence-electron chi connectivity index (χ0n) is 51.4. The van der Waals surface area contributed by atoms with Crippen LogP contribution in [0.5, 0.6) is 0 Å². The van der Waals surface area contributed by atoms with Crippen LogP contribution in [-0.4, -0.2) is 96.7 Å². The molecule has 0 aliphatic rings. The Morgan fingerprint density at radius 3 is 0.950 bits per heavy atom. The third kappa shape index (κ3) is 54.0. The minimum Gasteiger partial charge on any atom is -0.462 e. The van der Waals surface area contributed by atoms with Crippen molar-refractivity contribution in [2.75, 3.05) is 39.6 Å². The normalized spacial score (nSPS) is 14.7. The van der Waals surface area contributed by atoms with Gasteiger partial charge in [0.2, 0.25) is 0 Å². The van der Waals surface area contributed by atoms with E-state index in [1.54, 1.807) is 0 Å². The molecule has 17 nitrogen and oxygen atoms in total. The molecule has 80 heavy (non-hydrogen) atoms. The summed E-state index contributed by atoms with van der Waals surface area (Å²) in [6.45, 7) is 9.33. The van der Waals surface area contributed by atoms with Gasteiger partial charge in [-0.1, -0.05) is 247 Å². The number of phosphoric ester groups is 2. The van der Waals surface area contributed by atoms with Crippen LogP contribution in [0.4, 0.5) is 0 Å². The number of ether oxygens (including phenoxy) is 4. The van der Waals surface area contributed by atoms with Gasteiger partial charge in [-0.25, -0.2) is 9.13 Å². The van der Waals surface area contributed by atoms with Crippen molar-refractivity contribution in [3.05, 3.63) is 0 Å². The molecular weight excluding hydrogens is 1070 g/mol. The van der Waals surface area contributed by atoms with Crippen molar-refractivity contribution < 1.29 is 80.2 Å². The highest BCUT2D eigenvalue weighted by atomic mass is 31.2. The minimum atomic E-state index is -4.94. The van der Waals surface area contributed by atoms with E-state index in [-0.39, 0.29) is 25.7 Å². The Bertz CT molecular complexity index is 1580. The predicted molar refractivity (Wildman–Crippen MR) is 317 cm³/mol. The first-order valence-corrected chi connectivity index (χ1v) is 35.0. The first-order chi connectivity index (χ1) is 38.4. The molecular formula is C61H118O17P2. The highest BCUT2D eigenvalue weighted by Crippen LogP contribution is 2.45. The molecule has 0 amide bonds. The molecule has 0 aromatic rings. The van der Waals surface area contributed by atoms with E-state index < -0.39 is 97.5 Å². The van der Waals surface area contributed by atoms with Gasteiger partial charge >= 0.3 is 39.5 Å². The van der Waals surface area contributed by atoms with Crippen molar-refractivity contribution in [2.24, 2.45) is 11.8 Å². The van der Waals surface area contributed by atoms with Crippen LogP contribution in [0, 0.1) is 11.8 Å². The van der Waals surface area contributed by atoms with Gasteiger partial charge in [0.05, 0.1) is 26.4 Å². The lowest BCUT2D eigenvalue weighted by molar-refractivity contribution is -0.161. The number of esters is 4. The quantitative estimate of drug-likeness (QED) is 0.0222. The van der Waals surface area contributed by atoms with E-state index in [0.717, 1.165) is 109 Å². The number of unbranched alkanes of at least 4 members (excludes halogenated alkanes) is 29. The molecule has 0 aromatic heterocycles. The average molecular weight is 1190 g/mol. The summed E-state index contributed by atoms with van der Waals surface area (Å²) in [7, 11) is -9.88. The molecule has 6 atom stereocenters. The maximum absolute atomic E-state index is 12.9. The molecule has 19 heteroatoms. The molecule has 0 bridgehead atoms. The van der Waals surface area contributed by atoms with Gasteiger partial charge in [0.1, 0.15) is 19.3 Å². The zero-order valence-corrected chi connectivity index (χ0v) is 53.2. The molecule has 0 aliphatic heterocycles. The largest absolute Gasteiger partial charge is 0.472 e. The smallest absolute Gasteiger partial charge is 0.462 e. The number of aliphatic hydroxyl groups is 1. The van der Waals surface area contributed by atoms with Gasteiger partial charge in [-0.15, -0.1) is 0 Å². The SMILES string of the molecule is CCCCCCCCCCCCCCC(=O)OC[C@H](COP(=O)(O)OC[C@@H](O)COP(=O)(O)OC[C@@H](COC(=O)CCCCCCCCC)OC(=O)CCCCCCCCC(C)C)OC(=O)CCCCCCCCCCC(C)CC. The number of phosphoric acid groups is 2. The Hall–Kier alpha value is -1.94. The Labute approximate surface area is 486 Å². The van der Waals surface area contributed by atoms with Gasteiger partial charge in [0.25, 0.3) is 0 Å². The summed E-state index contributed by atoms with van der Waals surface area (Å²) in [6, 6.07) is 0. The van der Waals surface area contributed by atoms with E-state index in [1.165, 1.54) is 103 Å². The van der Waals surface area contributed by atoms with E-state index in [1.807, 2.05) is 0 Å². The van der Waals surface area contributed by atoms with Crippen LogP contribution >= 0.6 is 15.6 Å². The molecule has 0 aliphatic carbocycles. The molecule has 0 saturated heterocycles. The van der Waals surface area contributed by atoms with Crippen LogP contribution in [0.25, 0.3) is 0 Å². The fraction of sp³-hybridized carbons (Fsp3) is 0.934. The van der Waals surface area contributed by atoms with E-state index in [0.29, 0.717) is 31.6 Å². The summed E-state index contributed by atoms with van der Waals surface area (Å²) < 4.78 is 67.8. The Morgan fingerprint density at radius 2 is 0.637 bits per heavy atom. The monoisotopic (exact) mass is 1180 g/mol. The predicted octanol–water partition coefficient (Wildman–Crippen LogP) is 16.5. The molecule has 0 heterocycles. The Balaban J connectivity index is 5.22. The Kier molecular flexibility index (Phi) is 52.5. The lowest BCUT2D eigenvalue weighted by Crippen LogP contribution is -2.30. The van der Waals surface area contributed by atoms with Crippen molar-refractivity contribution in [3.8, 4) is 0 Å². The maximum atomic E-state index is 12.9. The molecule has 0 saturated carbocycles. The van der Waals surface area contributed by atoms with Crippen molar-refractivity contribution >= 4 is 39.5 Å². The van der Waals surface area contributed by atoms with Crippen LogP contribution in [-0.2, 0) is 65.4 Å². The highest BCUT2D eigenvalue weighted by Gasteiger charge is 2.30. The first kappa shape index (κ1) is 78.1. The lowest BCUT2D eigenvalue weighted by atomic mass is 9.99. The lowest BCUT2D eigenvalue weighted by Gasteiger charge is -2.21. The highest BCUT2D eigenvalue weighted by molar-refractivity contribution is 7.47. The molecule has 474 valence electrons. The van der Waals surface area contributed by atoms with Gasteiger partial charge in [0.15, 0.2) is 12.2 Å². The second-order valence-electron chi connectivity index (χ2n) is 22.8. The van der Waals surface area contributed by atoms with Gasteiger partial charge in [-0.05, 0) is 37.5 Å². The van der Waals surface area contributed by atoms with Gasteiger partial charge in [-0.2, -0.15) is 0 Å². The summed E-state index contributed by atoms with van der Waals surface area (Å²) in [5.74, 6) is -0.707. The standard InChI is InChI=1S/C61H118O17P2/c1-7-10-12-14-16-17-18-19-20-25-32-38-44-59(64)72-50-56(77-60(65)45-39-33-26-22-21-24-30-36-42-54(6)9-3)51-75-79(67,68)73-47-55(62)48-74-80(69,70)76-52-57(49-71-58(63)43-37-31-23-15-13-11-8-2)78-61(66)46-40-34-28-27-29-35-41-53(4)5/h53-57,62H,7-52H2,1-6H3,(H,67,68)(H,69,70)/t54?,55-,56-,57-/m1/s1. The molecule has 0 rings (SSSR count). The van der Waals surface area contributed by atoms with Crippen molar-refractivity contribution in [2.45, 2.75) is 317 Å². The molecule has 0 radical (unpaired) electrons. The van der Waals surface area contributed by atoms with Gasteiger partial charge in [-0.3, -0.25) is 37.3 Å². The summed E-state index contributed by atoms with van der Waals surface area (Å²) in [5, 5.41) is 10.5. The maximum Gasteiger partial charge on any atom is 0.472 e. The van der Waals surface area contributed by atoms with Gasteiger partial charge in [0, 0.05) is 25.7 Å². The Morgan fingerprint density at radius 1 is 0.362 bits per heavy atom. The first-order valence-electron chi connectivity index (χ1n) is 32.0. The third-order valence-corrected chi connectivity index (χ3v) is 16.2. The molecule has 0 fully saturated rings. The summed E-state index contributed by atoms with van der Waals surface area (Å²) >= 11 is 0. The number of hydrogen-bond donors (Lipinski definition) is 3. The number of carbonyl (C=O) groups is 4. The second-order valence-corrected chi connectivity index (χ2v) is 25.7. The third-order valence-electron chi connectivity index (χ3n) is 14.3. The van der Waals surface area contributed by atoms with Crippen LogP contribution < -0.4 is 0 Å². The number of hydrogen-bond acceptors (Lipinski definition) is 15. The summed E-state index contributed by atoms with van der Waals surface area (Å²) in [6.07, 6.45) is 35.0. The van der Waals surface area contributed by atoms with E-state index >= 15 is 0 Å². The van der Waals surface area contributed by atoms with Crippen molar-refractivity contribution in [3.63, 3.8) is 0 Å². The van der Waals surface area contributed by atoms with Crippen LogP contribution in [0.3, 0.4) is 0 Å². The average Bonchev–Trinajstić information content (AvgIpc) is 3.42. The molecule has 3 N–H and O–H groups in total. The van der Waals surface area contributed by atoms with E-state index in [2.05, 4.69) is 41.5 Å². The molecule has 0 spiro atoms. The topological polar surface area (TPSA) is 237 Å². The zero-order chi connectivity index (χ0) is 59.4. The number of rotatable bonds is 60. The van der Waals surface area contributed by atoms with Crippen LogP contribution in [0.2, 0.25) is 0 Å².